The van der Waals surface area contributed by atoms with Crippen molar-refractivity contribution >= 4 is 11.9 Å². The topological polar surface area (TPSA) is 86.9 Å². The van der Waals surface area contributed by atoms with Crippen molar-refractivity contribution in [1.82, 2.24) is 9.80 Å². The van der Waals surface area contributed by atoms with Crippen LogP contribution in [0.3, 0.4) is 0 Å². The van der Waals surface area contributed by atoms with Crippen LogP contribution in [0.25, 0.3) is 0 Å². The van der Waals surface area contributed by atoms with Crippen molar-refractivity contribution in [3.05, 3.63) is 0 Å². The number of amides is 1. The number of hydrogen-bond donors (Lipinski definition) is 2. The minimum atomic E-state index is -0.906. The molecular formula is C15H29N3O3. The van der Waals surface area contributed by atoms with Crippen LogP contribution >= 0.6 is 0 Å². The Kier molecular flexibility index (Phi) is 7.67. The molecule has 1 rings (SSSR count). The smallest absolute Gasteiger partial charge is 0.303 e. The van der Waals surface area contributed by atoms with Crippen LogP contribution in [0, 0.1) is 5.92 Å². The van der Waals surface area contributed by atoms with E-state index in [1.165, 1.54) is 0 Å². The SMILES string of the molecule is CCN(CC)CC1CCN(C(=O)C(N)CCC(=O)O)CC1. The Morgan fingerprint density at radius 1 is 1.29 bits per heavy atom. The second-order valence-electron chi connectivity index (χ2n) is 5.79. The highest BCUT2D eigenvalue weighted by molar-refractivity contribution is 5.82. The first kappa shape index (κ1) is 17.9. The molecule has 6 heteroatoms. The molecule has 1 saturated heterocycles. The monoisotopic (exact) mass is 299 g/mol. The molecule has 0 radical (unpaired) electrons. The summed E-state index contributed by atoms with van der Waals surface area (Å²) in [6, 6.07) is -0.680. The van der Waals surface area contributed by atoms with Gasteiger partial charge in [-0.2, -0.15) is 0 Å². The summed E-state index contributed by atoms with van der Waals surface area (Å²) >= 11 is 0. The van der Waals surface area contributed by atoms with Gasteiger partial charge in [-0.15, -0.1) is 0 Å². The predicted octanol–water partition coefficient (Wildman–Crippen LogP) is 0.759. The summed E-state index contributed by atoms with van der Waals surface area (Å²) in [7, 11) is 0. The molecule has 1 fully saturated rings. The number of carboxylic acid groups (broad SMARTS) is 1. The van der Waals surface area contributed by atoms with Gasteiger partial charge < -0.3 is 20.6 Å². The zero-order valence-electron chi connectivity index (χ0n) is 13.3. The van der Waals surface area contributed by atoms with Gasteiger partial charge in [-0.1, -0.05) is 13.8 Å². The molecule has 1 aliphatic rings. The zero-order valence-corrected chi connectivity index (χ0v) is 13.3. The maximum absolute atomic E-state index is 12.1. The molecule has 1 aliphatic heterocycles. The Balaban J connectivity index is 2.34. The Bertz CT molecular complexity index is 337. The lowest BCUT2D eigenvalue weighted by Crippen LogP contribution is -2.48. The largest absolute Gasteiger partial charge is 0.481 e. The van der Waals surface area contributed by atoms with Crippen molar-refractivity contribution < 1.29 is 14.7 Å². The lowest BCUT2D eigenvalue weighted by molar-refractivity contribution is -0.138. The van der Waals surface area contributed by atoms with E-state index in [0.717, 1.165) is 45.6 Å². The quantitative estimate of drug-likeness (QED) is 0.691. The first-order valence-corrected chi connectivity index (χ1v) is 7.96. The fraction of sp³-hybridized carbons (Fsp3) is 0.867. The Labute approximate surface area is 127 Å². The highest BCUT2D eigenvalue weighted by Crippen LogP contribution is 2.19. The molecule has 21 heavy (non-hydrogen) atoms. The number of carbonyl (C=O) groups excluding carboxylic acids is 1. The molecule has 1 heterocycles. The first-order chi connectivity index (χ1) is 9.97. The molecule has 0 aromatic rings. The van der Waals surface area contributed by atoms with E-state index in [2.05, 4.69) is 18.7 Å². The maximum atomic E-state index is 12.1. The fourth-order valence-corrected chi connectivity index (χ4v) is 2.82. The number of nitrogens with two attached hydrogens (primary N) is 1. The summed E-state index contributed by atoms with van der Waals surface area (Å²) in [5.41, 5.74) is 5.79. The van der Waals surface area contributed by atoms with Crippen molar-refractivity contribution in [1.29, 1.82) is 0 Å². The van der Waals surface area contributed by atoms with E-state index in [1.54, 1.807) is 4.90 Å². The summed E-state index contributed by atoms with van der Waals surface area (Å²) in [5, 5.41) is 8.63. The van der Waals surface area contributed by atoms with Crippen LogP contribution in [0.15, 0.2) is 0 Å². The number of hydrogen-bond acceptors (Lipinski definition) is 4. The molecule has 0 aromatic heterocycles. The molecule has 0 spiro atoms. The average Bonchev–Trinajstić information content (AvgIpc) is 2.50. The summed E-state index contributed by atoms with van der Waals surface area (Å²) in [4.78, 5) is 26.9. The minimum absolute atomic E-state index is 0.0503. The van der Waals surface area contributed by atoms with E-state index in [0.29, 0.717) is 5.92 Å². The standard InChI is InChI=1S/C15H29N3O3/c1-3-17(4-2)11-12-7-9-18(10-8-12)15(21)13(16)5-6-14(19)20/h12-13H,3-11,16H2,1-2H3,(H,19,20). The van der Waals surface area contributed by atoms with Crippen LogP contribution in [0.1, 0.15) is 39.5 Å². The average molecular weight is 299 g/mol. The van der Waals surface area contributed by atoms with E-state index in [9.17, 15) is 9.59 Å². The fourth-order valence-electron chi connectivity index (χ4n) is 2.82. The van der Waals surface area contributed by atoms with Crippen LogP contribution in [0.4, 0.5) is 0 Å². The number of carbonyl (C=O) groups is 2. The highest BCUT2D eigenvalue weighted by Gasteiger charge is 2.27. The van der Waals surface area contributed by atoms with Crippen molar-refractivity contribution in [2.24, 2.45) is 11.7 Å². The van der Waals surface area contributed by atoms with Crippen LogP contribution in [0.5, 0.6) is 0 Å². The molecule has 122 valence electrons. The third-order valence-corrected chi connectivity index (χ3v) is 4.32. The van der Waals surface area contributed by atoms with Gasteiger partial charge in [0.25, 0.3) is 0 Å². The van der Waals surface area contributed by atoms with Gasteiger partial charge in [0.2, 0.25) is 5.91 Å². The minimum Gasteiger partial charge on any atom is -0.481 e. The van der Waals surface area contributed by atoms with Gasteiger partial charge >= 0.3 is 5.97 Å². The van der Waals surface area contributed by atoms with E-state index in [1.807, 2.05) is 0 Å². The van der Waals surface area contributed by atoms with Gasteiger partial charge in [0, 0.05) is 26.1 Å². The third-order valence-electron chi connectivity index (χ3n) is 4.32. The van der Waals surface area contributed by atoms with Crippen molar-refractivity contribution in [2.45, 2.75) is 45.6 Å². The molecule has 0 bridgehead atoms. The molecule has 6 nitrogen and oxygen atoms in total. The van der Waals surface area contributed by atoms with Crippen molar-refractivity contribution in [3.8, 4) is 0 Å². The number of piperidine rings is 1. The van der Waals surface area contributed by atoms with Crippen LogP contribution in [-0.4, -0.2) is 65.5 Å². The zero-order chi connectivity index (χ0) is 15.8. The predicted molar refractivity (Wildman–Crippen MR) is 81.9 cm³/mol. The Morgan fingerprint density at radius 2 is 1.86 bits per heavy atom. The number of likely N-dealkylation sites (tertiary alicyclic amines) is 1. The Morgan fingerprint density at radius 3 is 2.33 bits per heavy atom. The van der Waals surface area contributed by atoms with E-state index >= 15 is 0 Å². The normalized spacial score (nSPS) is 18.0. The maximum Gasteiger partial charge on any atom is 0.303 e. The number of aliphatic carboxylic acids is 1. The van der Waals surface area contributed by atoms with E-state index < -0.39 is 12.0 Å². The second-order valence-corrected chi connectivity index (χ2v) is 5.79. The molecule has 1 unspecified atom stereocenters. The number of rotatable bonds is 8. The summed E-state index contributed by atoms with van der Waals surface area (Å²) in [6.07, 6.45) is 2.18. The van der Waals surface area contributed by atoms with Crippen LogP contribution in [-0.2, 0) is 9.59 Å². The third kappa shape index (κ3) is 6.01. The van der Waals surface area contributed by atoms with Crippen molar-refractivity contribution in [2.75, 3.05) is 32.7 Å². The van der Waals surface area contributed by atoms with Gasteiger partial charge in [0.05, 0.1) is 6.04 Å². The molecule has 0 aliphatic carbocycles. The van der Waals surface area contributed by atoms with E-state index in [4.69, 9.17) is 10.8 Å². The first-order valence-electron chi connectivity index (χ1n) is 7.96. The number of nitrogens with zero attached hydrogens (tertiary/aromatic N) is 2. The number of carboxylic acids is 1. The molecular weight excluding hydrogens is 270 g/mol. The van der Waals surface area contributed by atoms with Gasteiger partial charge in [-0.25, -0.2) is 0 Å². The summed E-state index contributed by atoms with van der Waals surface area (Å²) in [5.74, 6) is -0.363. The summed E-state index contributed by atoms with van der Waals surface area (Å²) in [6.45, 7) is 9.05. The van der Waals surface area contributed by atoms with Crippen LogP contribution in [0.2, 0.25) is 0 Å². The van der Waals surface area contributed by atoms with Gasteiger partial charge in [0.1, 0.15) is 0 Å². The molecule has 0 saturated carbocycles. The molecule has 3 N–H and O–H groups in total. The van der Waals surface area contributed by atoms with E-state index in [-0.39, 0.29) is 18.7 Å². The Hall–Kier alpha value is -1.14. The van der Waals surface area contributed by atoms with Crippen molar-refractivity contribution in [3.63, 3.8) is 0 Å². The van der Waals surface area contributed by atoms with Gasteiger partial charge in [0.15, 0.2) is 0 Å². The molecule has 1 atom stereocenters. The lowest BCUT2D eigenvalue weighted by atomic mass is 9.95. The molecule has 1 amide bonds. The van der Waals surface area contributed by atoms with Gasteiger partial charge in [-0.05, 0) is 38.3 Å². The van der Waals surface area contributed by atoms with Gasteiger partial charge in [-0.3, -0.25) is 9.59 Å². The van der Waals surface area contributed by atoms with Crippen LogP contribution < -0.4 is 5.73 Å². The molecule has 0 aromatic carbocycles. The summed E-state index contributed by atoms with van der Waals surface area (Å²) < 4.78 is 0. The lowest BCUT2D eigenvalue weighted by Gasteiger charge is -2.35. The highest BCUT2D eigenvalue weighted by atomic mass is 16.4. The second kappa shape index (κ2) is 9.00.